The number of sulfonamides is 1. The molecule has 2 heterocycles. The van der Waals surface area contributed by atoms with Crippen LogP contribution in [0.2, 0.25) is 0 Å². The van der Waals surface area contributed by atoms with Crippen molar-refractivity contribution < 1.29 is 8.42 Å². The van der Waals surface area contributed by atoms with E-state index in [0.717, 1.165) is 10.4 Å². The maximum Gasteiger partial charge on any atom is 0.250 e. The summed E-state index contributed by atoms with van der Waals surface area (Å²) in [6, 6.07) is 5.54. The van der Waals surface area contributed by atoms with Crippen LogP contribution in [-0.4, -0.2) is 34.0 Å². The first kappa shape index (κ1) is 15.7. The molecule has 110 valence electrons. The Morgan fingerprint density at radius 2 is 2.05 bits per heavy atom. The SMILES string of the molecule is Cc1ccc(S(=O)(=O)NC[C@H](c2ccsc2)N(C)C)s1. The second-order valence-electron chi connectivity index (χ2n) is 4.75. The Morgan fingerprint density at radius 3 is 2.55 bits per heavy atom. The maximum absolute atomic E-state index is 12.2. The van der Waals surface area contributed by atoms with Crippen molar-refractivity contribution in [3.63, 3.8) is 0 Å². The summed E-state index contributed by atoms with van der Waals surface area (Å²) in [6.45, 7) is 2.26. The van der Waals surface area contributed by atoms with Crippen LogP contribution in [0, 0.1) is 6.92 Å². The molecule has 0 saturated carbocycles. The first-order chi connectivity index (χ1) is 9.40. The van der Waals surface area contributed by atoms with Crippen LogP contribution >= 0.6 is 22.7 Å². The third-order valence-electron chi connectivity index (χ3n) is 3.00. The van der Waals surface area contributed by atoms with Crippen molar-refractivity contribution in [2.24, 2.45) is 0 Å². The van der Waals surface area contributed by atoms with Crippen molar-refractivity contribution in [2.75, 3.05) is 20.6 Å². The van der Waals surface area contributed by atoms with Gasteiger partial charge in [0.05, 0.1) is 0 Å². The zero-order valence-corrected chi connectivity index (χ0v) is 14.1. The third-order valence-corrected chi connectivity index (χ3v) is 6.62. The summed E-state index contributed by atoms with van der Waals surface area (Å²) in [7, 11) is 0.487. The van der Waals surface area contributed by atoms with Crippen molar-refractivity contribution in [1.29, 1.82) is 0 Å². The Kier molecular flexibility index (Phi) is 4.98. The first-order valence-corrected chi connectivity index (χ1v) is 9.39. The van der Waals surface area contributed by atoms with E-state index in [9.17, 15) is 8.42 Å². The van der Waals surface area contributed by atoms with Gasteiger partial charge < -0.3 is 4.90 Å². The number of nitrogens with zero attached hydrogens (tertiary/aromatic N) is 1. The molecule has 0 amide bonds. The highest BCUT2D eigenvalue weighted by Gasteiger charge is 2.20. The molecule has 1 atom stereocenters. The number of nitrogens with one attached hydrogen (secondary N) is 1. The van der Waals surface area contributed by atoms with Crippen molar-refractivity contribution in [3.05, 3.63) is 39.4 Å². The summed E-state index contributed by atoms with van der Waals surface area (Å²) in [4.78, 5) is 3.01. The van der Waals surface area contributed by atoms with E-state index in [1.54, 1.807) is 17.4 Å². The Hall–Kier alpha value is -0.730. The predicted octanol–water partition coefficient (Wildman–Crippen LogP) is 2.70. The smallest absolute Gasteiger partial charge is 0.250 e. The van der Waals surface area contributed by atoms with Crippen molar-refractivity contribution >= 4 is 32.7 Å². The molecule has 0 aliphatic carbocycles. The summed E-state index contributed by atoms with van der Waals surface area (Å²) in [5, 5.41) is 4.05. The average molecular weight is 331 g/mol. The van der Waals surface area contributed by atoms with Gasteiger partial charge in [0.25, 0.3) is 0 Å². The molecule has 20 heavy (non-hydrogen) atoms. The highest BCUT2D eigenvalue weighted by atomic mass is 32.2. The second-order valence-corrected chi connectivity index (χ2v) is 8.81. The molecule has 7 heteroatoms. The van der Waals surface area contributed by atoms with Gasteiger partial charge in [-0.15, -0.1) is 11.3 Å². The molecule has 0 aromatic carbocycles. The molecule has 2 aromatic rings. The van der Waals surface area contributed by atoms with E-state index in [0.29, 0.717) is 10.8 Å². The molecule has 1 N–H and O–H groups in total. The van der Waals surface area contributed by atoms with Gasteiger partial charge in [0.2, 0.25) is 10.0 Å². The number of aryl methyl sites for hydroxylation is 1. The minimum Gasteiger partial charge on any atom is -0.301 e. The fourth-order valence-electron chi connectivity index (χ4n) is 1.88. The van der Waals surface area contributed by atoms with Crippen LogP contribution in [-0.2, 0) is 10.0 Å². The van der Waals surface area contributed by atoms with Gasteiger partial charge >= 0.3 is 0 Å². The summed E-state index contributed by atoms with van der Waals surface area (Å²) in [5.41, 5.74) is 1.13. The molecule has 0 bridgehead atoms. The lowest BCUT2D eigenvalue weighted by Crippen LogP contribution is -2.34. The Morgan fingerprint density at radius 1 is 1.30 bits per heavy atom. The maximum atomic E-state index is 12.2. The highest BCUT2D eigenvalue weighted by molar-refractivity contribution is 7.91. The lowest BCUT2D eigenvalue weighted by molar-refractivity contribution is 0.300. The van der Waals surface area contributed by atoms with Gasteiger partial charge in [-0.2, -0.15) is 11.3 Å². The lowest BCUT2D eigenvalue weighted by Gasteiger charge is -2.23. The van der Waals surface area contributed by atoms with Crippen molar-refractivity contribution in [2.45, 2.75) is 17.2 Å². The molecule has 0 saturated heterocycles. The molecule has 2 aromatic heterocycles. The van der Waals surface area contributed by atoms with E-state index in [1.165, 1.54) is 11.3 Å². The molecule has 2 rings (SSSR count). The topological polar surface area (TPSA) is 49.4 Å². The largest absolute Gasteiger partial charge is 0.301 e. The zero-order valence-electron chi connectivity index (χ0n) is 11.7. The predicted molar refractivity (Wildman–Crippen MR) is 85.0 cm³/mol. The zero-order chi connectivity index (χ0) is 14.8. The van der Waals surface area contributed by atoms with Crippen LogP contribution in [0.25, 0.3) is 0 Å². The summed E-state index contributed by atoms with van der Waals surface area (Å²) >= 11 is 2.91. The van der Waals surface area contributed by atoms with Gasteiger partial charge in [-0.3, -0.25) is 0 Å². The van der Waals surface area contributed by atoms with Gasteiger partial charge in [-0.05, 0) is 55.5 Å². The molecule has 0 fully saturated rings. The number of likely N-dealkylation sites (N-methyl/N-ethyl adjacent to an activating group) is 1. The monoisotopic (exact) mass is 330 g/mol. The van der Waals surface area contributed by atoms with Gasteiger partial charge in [0.1, 0.15) is 4.21 Å². The van der Waals surface area contributed by atoms with Gasteiger partial charge in [-0.1, -0.05) is 0 Å². The Labute approximate surface area is 128 Å². The van der Waals surface area contributed by atoms with Crippen molar-refractivity contribution in [1.82, 2.24) is 9.62 Å². The molecule has 0 unspecified atom stereocenters. The third kappa shape index (κ3) is 3.67. The molecule has 0 aliphatic rings. The first-order valence-electron chi connectivity index (χ1n) is 6.15. The van der Waals surface area contributed by atoms with Gasteiger partial charge in [-0.25, -0.2) is 13.1 Å². The van der Waals surface area contributed by atoms with Crippen LogP contribution in [0.15, 0.2) is 33.2 Å². The van der Waals surface area contributed by atoms with Crippen LogP contribution in [0.3, 0.4) is 0 Å². The minimum absolute atomic E-state index is 0.0390. The standard InChI is InChI=1S/C13H18N2O2S3/c1-10-4-5-13(19-10)20(16,17)14-8-12(15(2)3)11-6-7-18-9-11/h4-7,9,12,14H,8H2,1-3H3/t12-/m1/s1. The molecule has 0 spiro atoms. The summed E-state index contributed by atoms with van der Waals surface area (Å²) < 4.78 is 27.5. The summed E-state index contributed by atoms with van der Waals surface area (Å²) in [6.07, 6.45) is 0. The lowest BCUT2D eigenvalue weighted by atomic mass is 10.1. The van der Waals surface area contributed by atoms with Crippen LogP contribution in [0.4, 0.5) is 0 Å². The van der Waals surface area contributed by atoms with Crippen LogP contribution < -0.4 is 4.72 Å². The van der Waals surface area contributed by atoms with E-state index in [-0.39, 0.29) is 6.04 Å². The molecule has 0 radical (unpaired) electrons. The number of hydrogen-bond donors (Lipinski definition) is 1. The molecular weight excluding hydrogens is 312 g/mol. The second kappa shape index (κ2) is 6.36. The van der Waals surface area contributed by atoms with Gasteiger partial charge in [0.15, 0.2) is 0 Å². The number of hydrogen-bond acceptors (Lipinski definition) is 5. The van der Waals surface area contributed by atoms with E-state index in [1.807, 2.05) is 48.8 Å². The van der Waals surface area contributed by atoms with Crippen LogP contribution in [0.5, 0.6) is 0 Å². The number of rotatable bonds is 6. The molecule has 4 nitrogen and oxygen atoms in total. The van der Waals surface area contributed by atoms with E-state index < -0.39 is 10.0 Å². The fraction of sp³-hybridized carbons (Fsp3) is 0.385. The average Bonchev–Trinajstić information content (AvgIpc) is 3.00. The fourth-order valence-corrected chi connectivity index (χ4v) is 4.95. The normalized spacial score (nSPS) is 13.8. The van der Waals surface area contributed by atoms with E-state index in [2.05, 4.69) is 4.72 Å². The molecular formula is C13H18N2O2S3. The minimum atomic E-state index is -3.41. The van der Waals surface area contributed by atoms with Gasteiger partial charge in [0, 0.05) is 17.5 Å². The molecule has 0 aliphatic heterocycles. The van der Waals surface area contributed by atoms with E-state index >= 15 is 0 Å². The van der Waals surface area contributed by atoms with Crippen LogP contribution in [0.1, 0.15) is 16.5 Å². The Balaban J connectivity index is 2.10. The summed E-state index contributed by atoms with van der Waals surface area (Å²) in [5.74, 6) is 0. The van der Waals surface area contributed by atoms with E-state index in [4.69, 9.17) is 0 Å². The van der Waals surface area contributed by atoms with Crippen molar-refractivity contribution in [3.8, 4) is 0 Å². The highest BCUT2D eigenvalue weighted by Crippen LogP contribution is 2.23. The number of thiophene rings is 2. The Bertz CT molecular complexity index is 645. The quantitative estimate of drug-likeness (QED) is 0.886.